The Hall–Kier alpha value is -13.0. The molecule has 19 rings (SSSR count). The second-order valence-corrected chi connectivity index (χ2v) is 25.5. The monoisotopic (exact) mass is 1260 g/mol. The van der Waals surface area contributed by atoms with Gasteiger partial charge in [-0.25, -0.2) is 0 Å². The number of hydrogen-bond donors (Lipinski definition) is 0. The second-order valence-electron chi connectivity index (χ2n) is 25.5. The zero-order valence-corrected chi connectivity index (χ0v) is 54.2. The van der Waals surface area contributed by atoms with Crippen LogP contribution in [0.25, 0.3) is 138 Å². The number of rotatable bonds is 11. The number of benzene rings is 16. The van der Waals surface area contributed by atoms with E-state index < -0.39 is 0 Å². The van der Waals surface area contributed by atoms with Crippen molar-refractivity contribution in [3.63, 3.8) is 0 Å². The van der Waals surface area contributed by atoms with Crippen LogP contribution in [-0.2, 0) is 6.42 Å². The standard InChI is InChI=1S/C50H33NO.C45H31NO/c1-3-9-34(10-4-1)36-17-25-42(26-18-36)51(43-27-19-37(20-28-43)35-11-5-2-6-12-35)44-29-21-38(22-30-44)40-24-31-45-41(33-40)16-15-39-23-32-47-46-13-7-8-14-48(46)52-50(47)49(39)45;1-4-10-31(11-5-1)32-18-24-38(25-19-32)46(37-12-6-2-7-13-37)39-26-20-33(21-27-39)35-23-28-40-36(30-35)17-16-34-22-29-42-41-14-8-3-9-15-43(41)47-45(42)44(34)40/h1-33H;1-13,15-30H,14H2. The summed E-state index contributed by atoms with van der Waals surface area (Å²) in [6, 6.07) is 126. The van der Waals surface area contributed by atoms with Crippen LogP contribution in [0.5, 0.6) is 0 Å². The normalized spacial score (nSPS) is 11.9. The van der Waals surface area contributed by atoms with E-state index >= 15 is 0 Å². The molecule has 1 aliphatic rings. The van der Waals surface area contributed by atoms with Crippen LogP contribution in [0, 0.1) is 0 Å². The van der Waals surface area contributed by atoms with Crippen molar-refractivity contribution in [2.24, 2.45) is 0 Å². The van der Waals surface area contributed by atoms with E-state index in [9.17, 15) is 0 Å². The van der Waals surface area contributed by atoms with Crippen LogP contribution in [0.2, 0.25) is 0 Å². The van der Waals surface area contributed by atoms with E-state index in [1.807, 2.05) is 6.07 Å². The lowest BCUT2D eigenvalue weighted by Gasteiger charge is -2.26. The molecule has 4 heteroatoms. The highest BCUT2D eigenvalue weighted by molar-refractivity contribution is 6.23. The molecule has 0 atom stereocenters. The van der Waals surface area contributed by atoms with Gasteiger partial charge in [0.05, 0.1) is 0 Å². The number of furan rings is 2. The summed E-state index contributed by atoms with van der Waals surface area (Å²) >= 11 is 0. The first kappa shape index (κ1) is 58.5. The topological polar surface area (TPSA) is 32.8 Å². The molecule has 0 N–H and O–H groups in total. The predicted molar refractivity (Wildman–Crippen MR) is 418 cm³/mol. The molecule has 18 aromatic rings. The quantitative estimate of drug-likeness (QED) is 0.121. The van der Waals surface area contributed by atoms with E-state index in [0.29, 0.717) is 0 Å². The number of fused-ring (bicyclic) bond motifs is 14. The summed E-state index contributed by atoms with van der Waals surface area (Å²) in [4.78, 5) is 4.64. The molecule has 2 aromatic heterocycles. The maximum atomic E-state index is 6.51. The van der Waals surface area contributed by atoms with Crippen molar-refractivity contribution in [1.29, 1.82) is 0 Å². The lowest BCUT2D eigenvalue weighted by Crippen LogP contribution is -2.09. The molecule has 0 amide bonds. The molecular weight excluding hydrogens is 1200 g/mol. The minimum atomic E-state index is 0.881. The molecule has 1 aliphatic carbocycles. The number of anilines is 6. The first-order valence-electron chi connectivity index (χ1n) is 33.9. The van der Waals surface area contributed by atoms with Gasteiger partial charge in [-0.05, 0) is 198 Å². The van der Waals surface area contributed by atoms with Crippen LogP contribution in [0.3, 0.4) is 0 Å². The summed E-state index contributed by atoms with van der Waals surface area (Å²) in [5.41, 5.74) is 22.8. The Morgan fingerprint density at radius 2 is 0.566 bits per heavy atom. The summed E-state index contributed by atoms with van der Waals surface area (Å²) < 4.78 is 13.0. The summed E-state index contributed by atoms with van der Waals surface area (Å²) in [5.74, 6) is 0.961. The number of nitrogens with zero attached hydrogens (tertiary/aromatic N) is 2. The number of allylic oxidation sites excluding steroid dienone is 3. The van der Waals surface area contributed by atoms with Crippen LogP contribution >= 0.6 is 0 Å². The Bertz CT molecular complexity index is 5970. The fraction of sp³-hybridized carbons (Fsp3) is 0.0105. The Morgan fingerprint density at radius 1 is 0.232 bits per heavy atom. The van der Waals surface area contributed by atoms with Crippen molar-refractivity contribution in [3.05, 3.63) is 381 Å². The summed E-state index contributed by atoms with van der Waals surface area (Å²) in [5, 5.41) is 13.1. The minimum absolute atomic E-state index is 0.881. The van der Waals surface area contributed by atoms with Crippen molar-refractivity contribution in [2.75, 3.05) is 9.80 Å². The maximum absolute atomic E-state index is 6.51. The molecule has 0 saturated heterocycles. The molecule has 466 valence electrons. The van der Waals surface area contributed by atoms with Gasteiger partial charge in [0, 0.05) is 66.6 Å². The van der Waals surface area contributed by atoms with E-state index in [1.165, 1.54) is 110 Å². The van der Waals surface area contributed by atoms with Gasteiger partial charge in [-0.15, -0.1) is 0 Å². The SMILES string of the molecule is C1=CCc2c(oc3c2ccc2ccc4cc(-c5ccc(N(c6ccccc6)c6ccc(-c7ccccc7)cc6)cc5)ccc4c23)C=C1.c1ccc(-c2ccc(N(c3ccc(-c4ccccc4)cc3)c3ccc(-c4ccc5c(ccc6ccc7c8ccccc8oc7c65)c4)cc3)cc2)cc1. The lowest BCUT2D eigenvalue weighted by atomic mass is 9.95. The van der Waals surface area contributed by atoms with Gasteiger partial charge in [0.15, 0.2) is 0 Å². The van der Waals surface area contributed by atoms with Gasteiger partial charge in [0.2, 0.25) is 0 Å². The van der Waals surface area contributed by atoms with Gasteiger partial charge in [-0.2, -0.15) is 0 Å². The van der Waals surface area contributed by atoms with Crippen LogP contribution in [0.4, 0.5) is 34.1 Å². The number of para-hydroxylation sites is 2. The van der Waals surface area contributed by atoms with Crippen molar-refractivity contribution in [2.45, 2.75) is 6.42 Å². The molecule has 0 aliphatic heterocycles. The largest absolute Gasteiger partial charge is 0.456 e. The third-order valence-electron chi connectivity index (χ3n) is 19.6. The predicted octanol–water partition coefficient (Wildman–Crippen LogP) is 27.0. The van der Waals surface area contributed by atoms with E-state index in [4.69, 9.17) is 8.83 Å². The van der Waals surface area contributed by atoms with Crippen LogP contribution < -0.4 is 9.80 Å². The van der Waals surface area contributed by atoms with Gasteiger partial charge >= 0.3 is 0 Å². The molecule has 4 nitrogen and oxygen atoms in total. The van der Waals surface area contributed by atoms with Gasteiger partial charge in [0.1, 0.15) is 22.5 Å². The summed E-state index contributed by atoms with van der Waals surface area (Å²) in [6.07, 6.45) is 9.31. The third-order valence-corrected chi connectivity index (χ3v) is 19.6. The summed E-state index contributed by atoms with van der Waals surface area (Å²) in [6.45, 7) is 0. The smallest absolute Gasteiger partial charge is 0.143 e. The Balaban J connectivity index is 0.000000144. The minimum Gasteiger partial charge on any atom is -0.456 e. The third kappa shape index (κ3) is 11.1. The Kier molecular flexibility index (Phi) is 14.9. The van der Waals surface area contributed by atoms with Crippen LogP contribution in [0.1, 0.15) is 11.3 Å². The summed E-state index contributed by atoms with van der Waals surface area (Å²) in [7, 11) is 0. The van der Waals surface area contributed by atoms with Crippen molar-refractivity contribution in [3.8, 4) is 55.6 Å². The Morgan fingerprint density at radius 3 is 1.02 bits per heavy atom. The van der Waals surface area contributed by atoms with E-state index in [-0.39, 0.29) is 0 Å². The van der Waals surface area contributed by atoms with Gasteiger partial charge in [-0.1, -0.05) is 273 Å². The van der Waals surface area contributed by atoms with Crippen molar-refractivity contribution >= 4 is 116 Å². The first-order valence-corrected chi connectivity index (χ1v) is 33.9. The van der Waals surface area contributed by atoms with Crippen LogP contribution in [-0.4, -0.2) is 0 Å². The molecule has 99 heavy (non-hydrogen) atoms. The van der Waals surface area contributed by atoms with E-state index in [0.717, 1.165) is 73.8 Å². The molecule has 2 heterocycles. The van der Waals surface area contributed by atoms with Crippen molar-refractivity contribution < 1.29 is 8.83 Å². The number of hydrogen-bond acceptors (Lipinski definition) is 4. The molecule has 0 spiro atoms. The molecule has 16 aromatic carbocycles. The molecule has 0 bridgehead atoms. The Labute approximate surface area is 574 Å². The maximum Gasteiger partial charge on any atom is 0.143 e. The van der Waals surface area contributed by atoms with E-state index in [2.05, 4.69) is 380 Å². The van der Waals surface area contributed by atoms with Crippen LogP contribution in [0.15, 0.2) is 379 Å². The highest BCUT2D eigenvalue weighted by Crippen LogP contribution is 2.44. The van der Waals surface area contributed by atoms with Gasteiger partial charge in [-0.3, -0.25) is 0 Å². The fourth-order valence-electron chi connectivity index (χ4n) is 14.6. The average Bonchev–Trinajstić information content (AvgIpc) is 1.67. The van der Waals surface area contributed by atoms with Gasteiger partial charge in [0.25, 0.3) is 0 Å². The first-order chi connectivity index (χ1) is 49.1. The fourth-order valence-corrected chi connectivity index (χ4v) is 14.6. The highest BCUT2D eigenvalue weighted by atomic mass is 16.3. The molecule has 0 radical (unpaired) electrons. The molecule has 0 fully saturated rings. The lowest BCUT2D eigenvalue weighted by molar-refractivity contribution is 0.603. The molecule has 0 unspecified atom stereocenters. The molecular formula is C95H64N2O2. The zero-order valence-electron chi connectivity index (χ0n) is 54.2. The zero-order chi connectivity index (χ0) is 65.6. The highest BCUT2D eigenvalue weighted by Gasteiger charge is 2.20. The second kappa shape index (κ2) is 25.3. The molecule has 0 saturated carbocycles. The van der Waals surface area contributed by atoms with E-state index in [1.54, 1.807) is 0 Å². The van der Waals surface area contributed by atoms with Crippen molar-refractivity contribution in [1.82, 2.24) is 0 Å². The average molecular weight is 1270 g/mol. The van der Waals surface area contributed by atoms with Gasteiger partial charge < -0.3 is 18.6 Å².